The van der Waals surface area contributed by atoms with E-state index < -0.39 is 11.7 Å². The number of aromatic nitrogens is 5. The summed E-state index contributed by atoms with van der Waals surface area (Å²) in [5, 5.41) is 28.0. The zero-order valence-electron chi connectivity index (χ0n) is 19.5. The van der Waals surface area contributed by atoms with E-state index in [-0.39, 0.29) is 0 Å². The molecule has 0 amide bonds. The van der Waals surface area contributed by atoms with Crippen molar-refractivity contribution in [2.45, 2.75) is 44.3 Å². The first kappa shape index (κ1) is 21.7. The molecule has 1 saturated heterocycles. The number of aliphatic hydroxyl groups is 1. The summed E-state index contributed by atoms with van der Waals surface area (Å²) in [6.07, 6.45) is 5.81. The fraction of sp³-hybridized carbons (Fsp3) is 0.346. The lowest BCUT2D eigenvalue weighted by atomic mass is 9.80. The lowest BCUT2D eigenvalue weighted by Gasteiger charge is -2.48. The second-order valence-electron chi connectivity index (χ2n) is 9.24. The minimum absolute atomic E-state index is 0.329. The Kier molecular flexibility index (Phi) is 5.41. The molecule has 1 fully saturated rings. The summed E-state index contributed by atoms with van der Waals surface area (Å²) in [7, 11) is 0. The van der Waals surface area contributed by atoms with Gasteiger partial charge in [0.25, 0.3) is 5.89 Å². The summed E-state index contributed by atoms with van der Waals surface area (Å²) in [6.45, 7) is 3.27. The van der Waals surface area contributed by atoms with Crippen LogP contribution in [0.3, 0.4) is 0 Å². The maximum atomic E-state index is 11.1. The number of nitrogens with zero attached hydrogens (tertiary/aromatic N) is 6. The van der Waals surface area contributed by atoms with Crippen LogP contribution in [0.2, 0.25) is 0 Å². The first-order valence-corrected chi connectivity index (χ1v) is 11.9. The Morgan fingerprint density at radius 3 is 2.71 bits per heavy atom. The van der Waals surface area contributed by atoms with Crippen LogP contribution in [0.5, 0.6) is 5.75 Å². The summed E-state index contributed by atoms with van der Waals surface area (Å²) in [5.41, 5.74) is 3.49. The van der Waals surface area contributed by atoms with Gasteiger partial charge in [-0.2, -0.15) is 0 Å². The van der Waals surface area contributed by atoms with Crippen LogP contribution in [0.25, 0.3) is 11.6 Å². The molecule has 6 rings (SSSR count). The van der Waals surface area contributed by atoms with Crippen LogP contribution in [0, 0.1) is 6.92 Å². The van der Waals surface area contributed by atoms with E-state index in [1.54, 1.807) is 12.4 Å². The van der Waals surface area contributed by atoms with E-state index in [9.17, 15) is 5.11 Å². The number of β-amino-alcohol motifs (C(OH)–C–C–N with tert-alkyl or cyclic N) is 1. The van der Waals surface area contributed by atoms with E-state index in [2.05, 4.69) is 38.4 Å². The van der Waals surface area contributed by atoms with Gasteiger partial charge in [-0.25, -0.2) is 0 Å². The van der Waals surface area contributed by atoms with Gasteiger partial charge in [-0.15, -0.1) is 20.4 Å². The highest BCUT2D eigenvalue weighted by molar-refractivity contribution is 5.50. The molecule has 0 aliphatic carbocycles. The van der Waals surface area contributed by atoms with Gasteiger partial charge in [0.15, 0.2) is 5.82 Å². The summed E-state index contributed by atoms with van der Waals surface area (Å²) in [6, 6.07) is 13.6. The molecule has 35 heavy (non-hydrogen) atoms. The third kappa shape index (κ3) is 4.12. The van der Waals surface area contributed by atoms with Crippen molar-refractivity contribution in [3.05, 3.63) is 77.4 Å². The quantitative estimate of drug-likeness (QED) is 0.481. The highest BCUT2D eigenvalue weighted by Gasteiger charge is 2.47. The molecule has 0 bridgehead atoms. The summed E-state index contributed by atoms with van der Waals surface area (Å²) < 4.78 is 12.2. The van der Waals surface area contributed by atoms with Crippen LogP contribution in [-0.4, -0.2) is 55.3 Å². The van der Waals surface area contributed by atoms with Crippen molar-refractivity contribution in [3.8, 4) is 17.3 Å². The average Bonchev–Trinajstić information content (AvgIpc) is 3.35. The van der Waals surface area contributed by atoms with Gasteiger partial charge >= 0.3 is 0 Å². The molecule has 2 unspecified atom stereocenters. The number of rotatable bonds is 4. The van der Waals surface area contributed by atoms with Crippen molar-refractivity contribution in [3.63, 3.8) is 0 Å². The summed E-state index contributed by atoms with van der Waals surface area (Å²) in [4.78, 5) is 6.06. The predicted octanol–water partition coefficient (Wildman–Crippen LogP) is 3.16. The molecule has 4 aromatic rings. The van der Waals surface area contributed by atoms with Crippen LogP contribution < -0.4 is 9.64 Å². The third-order valence-electron chi connectivity index (χ3n) is 7.05. The van der Waals surface area contributed by atoms with Crippen LogP contribution in [0.4, 0.5) is 5.82 Å². The molecule has 2 aliphatic heterocycles. The maximum absolute atomic E-state index is 11.1. The molecule has 2 atom stereocenters. The molecule has 0 radical (unpaired) electrons. The number of benzene rings is 1. The van der Waals surface area contributed by atoms with Crippen molar-refractivity contribution in [1.82, 2.24) is 25.4 Å². The largest absolute Gasteiger partial charge is 0.484 e. The number of fused-ring (bicyclic) bond motifs is 1. The van der Waals surface area contributed by atoms with Crippen LogP contribution in [-0.2, 0) is 12.8 Å². The molecule has 0 saturated carbocycles. The Labute approximate surface area is 202 Å². The van der Waals surface area contributed by atoms with Crippen LogP contribution >= 0.6 is 0 Å². The number of anilines is 1. The minimum Gasteiger partial charge on any atom is -0.484 e. The van der Waals surface area contributed by atoms with Crippen molar-refractivity contribution >= 4 is 5.82 Å². The van der Waals surface area contributed by atoms with Crippen molar-refractivity contribution in [2.75, 3.05) is 18.0 Å². The molecule has 2 aliphatic rings. The first-order chi connectivity index (χ1) is 17.1. The van der Waals surface area contributed by atoms with Gasteiger partial charge in [-0.1, -0.05) is 12.1 Å². The topological polar surface area (TPSA) is 110 Å². The molecule has 1 aromatic carbocycles. The Morgan fingerprint density at radius 1 is 1.03 bits per heavy atom. The van der Waals surface area contributed by atoms with E-state index in [0.717, 1.165) is 30.7 Å². The number of aryl methyl sites for hydroxylation is 1. The standard InChI is InChI=1S/C26H26N6O3/c1-17-3-2-4-21-19(17)7-10-26(35-21)11-14-32(16-22(26)33)23-6-5-20(28-29-23)25-31-30-24(34-25)15-18-8-12-27-13-9-18/h2-6,8-9,12-13,22,33H,7,10-11,14-16H2,1H3. The number of hydrogen-bond donors (Lipinski definition) is 1. The summed E-state index contributed by atoms with van der Waals surface area (Å²) in [5.74, 6) is 2.43. The van der Waals surface area contributed by atoms with Gasteiger partial charge in [0, 0.05) is 31.9 Å². The SMILES string of the molecule is Cc1cccc2c1CCC1(CCN(c3ccc(-c4nnc(Cc5ccncc5)o4)nn3)CC1O)O2. The highest BCUT2D eigenvalue weighted by Crippen LogP contribution is 2.41. The van der Waals surface area contributed by atoms with Crippen LogP contribution in [0.1, 0.15) is 35.4 Å². The Bertz CT molecular complexity index is 1330. The number of aliphatic hydroxyl groups excluding tert-OH is 1. The summed E-state index contributed by atoms with van der Waals surface area (Å²) >= 11 is 0. The second kappa shape index (κ2) is 8.74. The van der Waals surface area contributed by atoms with E-state index >= 15 is 0 Å². The zero-order chi connectivity index (χ0) is 23.8. The van der Waals surface area contributed by atoms with Gasteiger partial charge < -0.3 is 19.2 Å². The molecule has 178 valence electrons. The van der Waals surface area contributed by atoms with Crippen LogP contribution in [0.15, 0.2) is 59.3 Å². The molecule has 9 nitrogen and oxygen atoms in total. The molecule has 3 aromatic heterocycles. The lowest BCUT2D eigenvalue weighted by molar-refractivity contribution is -0.0786. The van der Waals surface area contributed by atoms with Crippen molar-refractivity contribution in [1.29, 1.82) is 0 Å². The first-order valence-electron chi connectivity index (χ1n) is 11.9. The number of pyridine rings is 1. The molecule has 5 heterocycles. The second-order valence-corrected chi connectivity index (χ2v) is 9.24. The monoisotopic (exact) mass is 470 g/mol. The smallest absolute Gasteiger partial charge is 0.268 e. The minimum atomic E-state index is -0.627. The maximum Gasteiger partial charge on any atom is 0.268 e. The molecular formula is C26H26N6O3. The zero-order valence-corrected chi connectivity index (χ0v) is 19.5. The number of piperidine rings is 1. The van der Waals surface area contributed by atoms with E-state index in [1.165, 1.54) is 11.1 Å². The van der Waals surface area contributed by atoms with E-state index in [1.807, 2.05) is 41.3 Å². The molecule has 1 N–H and O–H groups in total. The van der Waals surface area contributed by atoms with Gasteiger partial charge in [-0.05, 0) is 66.8 Å². The predicted molar refractivity (Wildman–Crippen MR) is 128 cm³/mol. The van der Waals surface area contributed by atoms with Gasteiger partial charge in [-0.3, -0.25) is 4.98 Å². The van der Waals surface area contributed by atoms with E-state index in [0.29, 0.717) is 42.7 Å². The van der Waals surface area contributed by atoms with Crippen molar-refractivity contribution in [2.24, 2.45) is 0 Å². The molecule has 9 heteroatoms. The fourth-order valence-corrected chi connectivity index (χ4v) is 4.99. The fourth-order valence-electron chi connectivity index (χ4n) is 4.99. The molecule has 1 spiro atoms. The Balaban J connectivity index is 1.13. The third-order valence-corrected chi connectivity index (χ3v) is 7.05. The van der Waals surface area contributed by atoms with E-state index in [4.69, 9.17) is 9.15 Å². The van der Waals surface area contributed by atoms with Gasteiger partial charge in [0.2, 0.25) is 5.89 Å². The number of ether oxygens (including phenoxy) is 1. The van der Waals surface area contributed by atoms with Gasteiger partial charge in [0.1, 0.15) is 23.1 Å². The number of hydrogen-bond acceptors (Lipinski definition) is 9. The average molecular weight is 471 g/mol. The Morgan fingerprint density at radius 2 is 1.91 bits per heavy atom. The van der Waals surface area contributed by atoms with Crippen molar-refractivity contribution < 1.29 is 14.3 Å². The molecular weight excluding hydrogens is 444 g/mol. The van der Waals surface area contributed by atoms with Gasteiger partial charge in [0.05, 0.1) is 6.42 Å². The Hall–Kier alpha value is -3.85. The lowest BCUT2D eigenvalue weighted by Crippen LogP contribution is -2.60. The highest BCUT2D eigenvalue weighted by atomic mass is 16.5. The normalized spacial score (nSPS) is 21.5.